The number of nitrogens with zero attached hydrogens (tertiary/aromatic N) is 1. The molecule has 0 radical (unpaired) electrons. The summed E-state index contributed by atoms with van der Waals surface area (Å²) in [6, 6.07) is 16.1. The highest BCUT2D eigenvalue weighted by atomic mass is 16.3. The second-order valence-electron chi connectivity index (χ2n) is 5.09. The average Bonchev–Trinajstić information content (AvgIpc) is 2.81. The van der Waals surface area contributed by atoms with Crippen molar-refractivity contribution in [1.29, 1.82) is 0 Å². The second-order valence-corrected chi connectivity index (χ2v) is 5.09. The van der Waals surface area contributed by atoms with E-state index < -0.39 is 0 Å². The van der Waals surface area contributed by atoms with Gasteiger partial charge in [-0.3, -0.25) is 4.79 Å². The van der Waals surface area contributed by atoms with Gasteiger partial charge in [-0.2, -0.15) is 0 Å². The monoisotopic (exact) mass is 267 g/mol. The van der Waals surface area contributed by atoms with Gasteiger partial charge in [-0.05, 0) is 22.3 Å². The van der Waals surface area contributed by atoms with Gasteiger partial charge in [-0.1, -0.05) is 48.5 Å². The lowest BCUT2D eigenvalue weighted by molar-refractivity contribution is -0.130. The normalized spacial score (nSPS) is 12.9. The Bertz CT molecular complexity index is 605. The van der Waals surface area contributed by atoms with Crippen molar-refractivity contribution in [1.82, 2.24) is 4.90 Å². The largest absolute Gasteiger partial charge is 0.395 e. The van der Waals surface area contributed by atoms with Crippen LogP contribution in [0.15, 0.2) is 48.5 Å². The smallest absolute Gasteiger partial charge is 0.234 e. The number of carbonyl (C=O) groups is 1. The summed E-state index contributed by atoms with van der Waals surface area (Å²) in [6.07, 6.45) is 0. The standard InChI is InChI=1S/C17H17NO2/c1-18(10-11-19)17(20)16-14-8-4-2-6-12(14)13-7-3-5-9-15(13)16/h2-9,16,19H,10-11H2,1H3. The molecular weight excluding hydrogens is 250 g/mol. The van der Waals surface area contributed by atoms with E-state index >= 15 is 0 Å². The lowest BCUT2D eigenvalue weighted by Crippen LogP contribution is -2.33. The third-order valence-corrected chi connectivity index (χ3v) is 3.89. The van der Waals surface area contributed by atoms with Crippen LogP contribution in [0.2, 0.25) is 0 Å². The molecule has 3 nitrogen and oxygen atoms in total. The number of benzene rings is 2. The second kappa shape index (κ2) is 5.10. The minimum Gasteiger partial charge on any atom is -0.395 e. The van der Waals surface area contributed by atoms with Crippen molar-refractivity contribution in [3.05, 3.63) is 59.7 Å². The number of likely N-dealkylation sites (N-methyl/N-ethyl adjacent to an activating group) is 1. The van der Waals surface area contributed by atoms with Gasteiger partial charge in [0.2, 0.25) is 5.91 Å². The number of aliphatic hydroxyl groups excluding tert-OH is 1. The van der Waals surface area contributed by atoms with Crippen LogP contribution in [-0.4, -0.2) is 36.1 Å². The van der Waals surface area contributed by atoms with E-state index in [-0.39, 0.29) is 18.4 Å². The fourth-order valence-corrected chi connectivity index (χ4v) is 2.90. The lowest BCUT2D eigenvalue weighted by atomic mass is 9.95. The maximum Gasteiger partial charge on any atom is 0.234 e. The van der Waals surface area contributed by atoms with Crippen molar-refractivity contribution in [2.75, 3.05) is 20.2 Å². The Morgan fingerprint density at radius 3 is 2.05 bits per heavy atom. The zero-order valence-corrected chi connectivity index (χ0v) is 11.4. The third kappa shape index (κ3) is 1.91. The van der Waals surface area contributed by atoms with E-state index in [0.717, 1.165) is 22.3 Å². The van der Waals surface area contributed by atoms with Crippen LogP contribution in [0.1, 0.15) is 17.0 Å². The highest BCUT2D eigenvalue weighted by Gasteiger charge is 2.34. The summed E-state index contributed by atoms with van der Waals surface area (Å²) in [4.78, 5) is 14.3. The van der Waals surface area contributed by atoms with E-state index in [1.807, 2.05) is 36.4 Å². The fraction of sp³-hybridized carbons (Fsp3) is 0.235. The molecule has 2 aromatic rings. The van der Waals surface area contributed by atoms with Crippen LogP contribution in [0.25, 0.3) is 11.1 Å². The molecule has 1 aliphatic rings. The van der Waals surface area contributed by atoms with E-state index in [1.54, 1.807) is 11.9 Å². The van der Waals surface area contributed by atoms with Crippen molar-refractivity contribution >= 4 is 5.91 Å². The number of carbonyl (C=O) groups excluding carboxylic acids is 1. The maximum absolute atomic E-state index is 12.7. The summed E-state index contributed by atoms with van der Waals surface area (Å²) in [5, 5.41) is 9.03. The molecule has 3 heteroatoms. The topological polar surface area (TPSA) is 40.5 Å². The maximum atomic E-state index is 12.7. The minimum atomic E-state index is -0.251. The van der Waals surface area contributed by atoms with Crippen LogP contribution >= 0.6 is 0 Å². The summed E-state index contributed by atoms with van der Waals surface area (Å²) < 4.78 is 0. The molecule has 0 fully saturated rings. The summed E-state index contributed by atoms with van der Waals surface area (Å²) in [6.45, 7) is 0.345. The van der Waals surface area contributed by atoms with Gasteiger partial charge in [-0.25, -0.2) is 0 Å². The fourth-order valence-electron chi connectivity index (χ4n) is 2.90. The molecular formula is C17H17NO2. The van der Waals surface area contributed by atoms with Gasteiger partial charge in [-0.15, -0.1) is 0 Å². The first-order valence-corrected chi connectivity index (χ1v) is 6.78. The predicted octanol–water partition coefficient (Wildman–Crippen LogP) is 2.25. The predicted molar refractivity (Wildman–Crippen MR) is 78.4 cm³/mol. The Kier molecular flexibility index (Phi) is 3.28. The molecule has 0 saturated heterocycles. The number of aliphatic hydroxyl groups is 1. The molecule has 1 N–H and O–H groups in total. The van der Waals surface area contributed by atoms with Crippen molar-refractivity contribution in [2.45, 2.75) is 5.92 Å². The van der Waals surface area contributed by atoms with E-state index in [2.05, 4.69) is 12.1 Å². The van der Waals surface area contributed by atoms with Crippen molar-refractivity contribution < 1.29 is 9.90 Å². The number of hydrogen-bond acceptors (Lipinski definition) is 2. The Morgan fingerprint density at radius 2 is 1.55 bits per heavy atom. The molecule has 0 aromatic heterocycles. The molecule has 0 spiro atoms. The molecule has 1 aliphatic carbocycles. The summed E-state index contributed by atoms with van der Waals surface area (Å²) in [5.74, 6) is -0.213. The SMILES string of the molecule is CN(CCO)C(=O)C1c2ccccc2-c2ccccc21. The van der Waals surface area contributed by atoms with E-state index in [9.17, 15) is 4.79 Å². The van der Waals surface area contributed by atoms with E-state index in [0.29, 0.717) is 6.54 Å². The van der Waals surface area contributed by atoms with Crippen molar-refractivity contribution in [2.24, 2.45) is 0 Å². The first-order valence-electron chi connectivity index (χ1n) is 6.78. The average molecular weight is 267 g/mol. The van der Waals surface area contributed by atoms with Gasteiger partial charge in [0.05, 0.1) is 12.5 Å². The first-order chi connectivity index (χ1) is 9.74. The Balaban J connectivity index is 2.09. The van der Waals surface area contributed by atoms with Crippen LogP contribution in [0.3, 0.4) is 0 Å². The van der Waals surface area contributed by atoms with Gasteiger partial charge >= 0.3 is 0 Å². The third-order valence-electron chi connectivity index (χ3n) is 3.89. The van der Waals surface area contributed by atoms with Gasteiger partial charge in [0.1, 0.15) is 0 Å². The molecule has 0 atom stereocenters. The van der Waals surface area contributed by atoms with Crippen LogP contribution in [-0.2, 0) is 4.79 Å². The van der Waals surface area contributed by atoms with Gasteiger partial charge in [0.15, 0.2) is 0 Å². The zero-order valence-electron chi connectivity index (χ0n) is 11.4. The summed E-state index contributed by atoms with van der Waals surface area (Å²) in [7, 11) is 1.74. The zero-order chi connectivity index (χ0) is 14.1. The molecule has 0 bridgehead atoms. The van der Waals surface area contributed by atoms with Crippen LogP contribution in [0.5, 0.6) is 0 Å². The molecule has 0 aliphatic heterocycles. The number of amides is 1. The van der Waals surface area contributed by atoms with Crippen LogP contribution < -0.4 is 0 Å². The van der Waals surface area contributed by atoms with E-state index in [4.69, 9.17) is 5.11 Å². The molecule has 102 valence electrons. The highest BCUT2D eigenvalue weighted by molar-refractivity contribution is 5.96. The van der Waals surface area contributed by atoms with E-state index in [1.165, 1.54) is 0 Å². The lowest BCUT2D eigenvalue weighted by Gasteiger charge is -2.21. The molecule has 1 amide bonds. The van der Waals surface area contributed by atoms with Gasteiger partial charge < -0.3 is 10.0 Å². The highest BCUT2D eigenvalue weighted by Crippen LogP contribution is 2.45. The van der Waals surface area contributed by atoms with Crippen molar-refractivity contribution in [3.8, 4) is 11.1 Å². The number of hydrogen-bond donors (Lipinski definition) is 1. The van der Waals surface area contributed by atoms with Gasteiger partial charge in [0.25, 0.3) is 0 Å². The van der Waals surface area contributed by atoms with Crippen LogP contribution in [0.4, 0.5) is 0 Å². The Hall–Kier alpha value is -2.13. The summed E-state index contributed by atoms with van der Waals surface area (Å²) >= 11 is 0. The Morgan fingerprint density at radius 1 is 1.05 bits per heavy atom. The summed E-state index contributed by atoms with van der Waals surface area (Å²) in [5.41, 5.74) is 4.39. The Labute approximate surface area is 118 Å². The molecule has 20 heavy (non-hydrogen) atoms. The minimum absolute atomic E-state index is 0.0156. The van der Waals surface area contributed by atoms with Gasteiger partial charge in [0, 0.05) is 13.6 Å². The van der Waals surface area contributed by atoms with Crippen molar-refractivity contribution in [3.63, 3.8) is 0 Å². The molecule has 0 saturated carbocycles. The molecule has 3 rings (SSSR count). The number of rotatable bonds is 3. The first kappa shape index (κ1) is 12.9. The van der Waals surface area contributed by atoms with Crippen LogP contribution in [0, 0.1) is 0 Å². The molecule has 0 heterocycles. The molecule has 0 unspecified atom stereocenters. The molecule has 2 aromatic carbocycles. The quantitative estimate of drug-likeness (QED) is 0.926. The number of fused-ring (bicyclic) bond motifs is 3.